The van der Waals surface area contributed by atoms with Gasteiger partial charge in [0, 0.05) is 23.5 Å². The van der Waals surface area contributed by atoms with Crippen molar-refractivity contribution in [2.45, 2.75) is 37.9 Å². The van der Waals surface area contributed by atoms with E-state index in [1.807, 2.05) is 49.2 Å². The third kappa shape index (κ3) is 4.23. The van der Waals surface area contributed by atoms with E-state index < -0.39 is 7.14 Å². The van der Waals surface area contributed by atoms with Crippen LogP contribution in [0.2, 0.25) is 0 Å². The summed E-state index contributed by atoms with van der Waals surface area (Å²) in [6.07, 6.45) is 4.64. The maximum atomic E-state index is 12.4. The van der Waals surface area contributed by atoms with E-state index in [2.05, 4.69) is 41.5 Å². The molecule has 1 N–H and O–H groups in total. The molecule has 0 bridgehead atoms. The second-order valence-corrected chi connectivity index (χ2v) is 14.1. The van der Waals surface area contributed by atoms with Gasteiger partial charge < -0.3 is 9.88 Å². The lowest BCUT2D eigenvalue weighted by Gasteiger charge is -2.16. The third-order valence-electron chi connectivity index (χ3n) is 5.88. The molecule has 1 aliphatic carbocycles. The minimum Gasteiger partial charge on any atom is -0.351 e. The van der Waals surface area contributed by atoms with Gasteiger partial charge in [-0.2, -0.15) is 10.1 Å². The molecule has 2 atom stereocenters. The zero-order valence-electron chi connectivity index (χ0n) is 18.0. The van der Waals surface area contributed by atoms with E-state index in [0.717, 1.165) is 51.6 Å². The Morgan fingerprint density at radius 1 is 1.19 bits per heavy atom. The van der Waals surface area contributed by atoms with Crippen LogP contribution >= 0.6 is 34.4 Å². The maximum Gasteiger partial charge on any atom is 0.224 e. The predicted octanol–water partition coefficient (Wildman–Crippen LogP) is 5.36. The molecule has 166 valence electrons. The number of fused-ring (bicyclic) bond motifs is 1. The van der Waals surface area contributed by atoms with Gasteiger partial charge in [0.1, 0.15) is 14.6 Å². The van der Waals surface area contributed by atoms with Gasteiger partial charge in [0.05, 0.1) is 18.2 Å². The number of nitrogens with one attached hydrogen (secondary N) is 1. The molecule has 1 aliphatic rings. The van der Waals surface area contributed by atoms with Gasteiger partial charge in [-0.05, 0) is 79.7 Å². The highest BCUT2D eigenvalue weighted by Gasteiger charge is 2.32. The molecule has 11 heteroatoms. The average Bonchev–Trinajstić information content (AvgIpc) is 3.47. The van der Waals surface area contributed by atoms with Crippen molar-refractivity contribution in [3.05, 3.63) is 40.1 Å². The van der Waals surface area contributed by atoms with Crippen LogP contribution in [0.3, 0.4) is 0 Å². The molecular formula is C21H23BrN7OPS. The van der Waals surface area contributed by atoms with E-state index in [4.69, 9.17) is 4.98 Å². The van der Waals surface area contributed by atoms with Crippen molar-refractivity contribution in [2.24, 2.45) is 0 Å². The van der Waals surface area contributed by atoms with Gasteiger partial charge in [-0.1, -0.05) is 11.3 Å². The monoisotopic (exact) mass is 531 g/mol. The van der Waals surface area contributed by atoms with Gasteiger partial charge in [0.2, 0.25) is 5.95 Å². The Morgan fingerprint density at radius 3 is 2.62 bits per heavy atom. The largest absolute Gasteiger partial charge is 0.351 e. The summed E-state index contributed by atoms with van der Waals surface area (Å²) >= 11 is 5.10. The fourth-order valence-electron chi connectivity index (χ4n) is 4.11. The van der Waals surface area contributed by atoms with E-state index in [-0.39, 0.29) is 11.7 Å². The van der Waals surface area contributed by atoms with E-state index in [0.29, 0.717) is 10.6 Å². The van der Waals surface area contributed by atoms with Crippen LogP contribution in [0.5, 0.6) is 0 Å². The number of rotatable bonds is 5. The van der Waals surface area contributed by atoms with Crippen molar-refractivity contribution in [2.75, 3.05) is 18.6 Å². The highest BCUT2D eigenvalue weighted by molar-refractivity contribution is 9.10. The van der Waals surface area contributed by atoms with Gasteiger partial charge >= 0.3 is 0 Å². The molecule has 32 heavy (non-hydrogen) atoms. The average molecular weight is 532 g/mol. The third-order valence-corrected chi connectivity index (χ3v) is 9.58. The summed E-state index contributed by atoms with van der Waals surface area (Å²) in [6, 6.07) is 8.27. The SMILES string of the molecule is Cc1nnc(-c2ccc(-n3nc(Br)c4cnc(N[C@@H]5CC[C@@H](P(C)(C)=O)C5)nc43)cc2)s1. The number of nitrogens with zero attached hydrogens (tertiary/aromatic N) is 6. The Kier molecular flexibility index (Phi) is 5.63. The first-order valence-electron chi connectivity index (χ1n) is 10.4. The highest BCUT2D eigenvalue weighted by atomic mass is 79.9. The summed E-state index contributed by atoms with van der Waals surface area (Å²) < 4.78 is 14.9. The van der Waals surface area contributed by atoms with Crippen LogP contribution in [0.15, 0.2) is 35.1 Å². The van der Waals surface area contributed by atoms with Crippen LogP contribution in [0.25, 0.3) is 27.3 Å². The van der Waals surface area contributed by atoms with Gasteiger partial charge in [-0.15, -0.1) is 10.2 Å². The Bertz CT molecular complexity index is 1330. The first kappa shape index (κ1) is 21.7. The number of benzene rings is 1. The lowest BCUT2D eigenvalue weighted by atomic mass is 10.2. The number of anilines is 1. The van der Waals surface area contributed by atoms with Crippen molar-refractivity contribution in [1.29, 1.82) is 0 Å². The summed E-state index contributed by atoms with van der Waals surface area (Å²) in [4.78, 5) is 9.26. The quantitative estimate of drug-likeness (QED) is 0.346. The lowest BCUT2D eigenvalue weighted by molar-refractivity contribution is 0.571. The second kappa shape index (κ2) is 8.32. The molecule has 0 spiro atoms. The maximum absolute atomic E-state index is 12.4. The summed E-state index contributed by atoms with van der Waals surface area (Å²) in [6.45, 7) is 5.72. The van der Waals surface area contributed by atoms with Crippen LogP contribution in [-0.4, -0.2) is 55.0 Å². The first-order valence-corrected chi connectivity index (χ1v) is 14.7. The number of hydrogen-bond acceptors (Lipinski definition) is 8. The van der Waals surface area contributed by atoms with Crippen LogP contribution in [0.4, 0.5) is 5.95 Å². The van der Waals surface area contributed by atoms with E-state index in [1.165, 1.54) is 0 Å². The number of aromatic nitrogens is 6. The van der Waals surface area contributed by atoms with Gasteiger partial charge in [-0.3, -0.25) is 0 Å². The van der Waals surface area contributed by atoms with Crippen molar-refractivity contribution in [3.8, 4) is 16.3 Å². The summed E-state index contributed by atoms with van der Waals surface area (Å²) in [7, 11) is -2.07. The topological polar surface area (TPSA) is 98.5 Å². The highest BCUT2D eigenvalue weighted by Crippen LogP contribution is 2.50. The first-order chi connectivity index (χ1) is 15.3. The van der Waals surface area contributed by atoms with Crippen molar-refractivity contribution in [3.63, 3.8) is 0 Å². The molecule has 1 aromatic carbocycles. The van der Waals surface area contributed by atoms with Crippen LogP contribution < -0.4 is 5.32 Å². The van der Waals surface area contributed by atoms with Crippen molar-refractivity contribution < 1.29 is 4.57 Å². The zero-order valence-corrected chi connectivity index (χ0v) is 21.3. The molecule has 8 nitrogen and oxygen atoms in total. The molecular weight excluding hydrogens is 509 g/mol. The molecule has 1 fully saturated rings. The van der Waals surface area contributed by atoms with E-state index in [1.54, 1.807) is 17.5 Å². The Hall–Kier alpha value is -2.16. The van der Waals surface area contributed by atoms with Crippen molar-refractivity contribution in [1.82, 2.24) is 29.9 Å². The Morgan fingerprint density at radius 2 is 1.97 bits per heavy atom. The fraction of sp³-hybridized carbons (Fsp3) is 0.381. The van der Waals surface area contributed by atoms with Gasteiger partial charge in [0.25, 0.3) is 0 Å². The smallest absolute Gasteiger partial charge is 0.224 e. The number of halogens is 1. The summed E-state index contributed by atoms with van der Waals surface area (Å²) in [5.74, 6) is 0.569. The van der Waals surface area contributed by atoms with Crippen LogP contribution in [-0.2, 0) is 4.57 Å². The zero-order chi connectivity index (χ0) is 22.5. The second-order valence-electron chi connectivity index (χ2n) is 8.55. The van der Waals surface area contributed by atoms with Crippen LogP contribution in [0, 0.1) is 6.92 Å². The van der Waals surface area contributed by atoms with Crippen molar-refractivity contribution >= 4 is 51.4 Å². The van der Waals surface area contributed by atoms with Gasteiger partial charge in [0.15, 0.2) is 5.65 Å². The fourth-order valence-corrected chi connectivity index (χ4v) is 6.78. The summed E-state index contributed by atoms with van der Waals surface area (Å²) in [5.41, 5.74) is 2.92. The minimum absolute atomic E-state index is 0.236. The van der Waals surface area contributed by atoms with E-state index in [9.17, 15) is 4.57 Å². The normalized spacial score (nSPS) is 19.0. The lowest BCUT2D eigenvalue weighted by Crippen LogP contribution is -2.18. The van der Waals surface area contributed by atoms with Gasteiger partial charge in [-0.25, -0.2) is 9.67 Å². The molecule has 0 radical (unpaired) electrons. The number of aryl methyl sites for hydroxylation is 1. The molecule has 0 aliphatic heterocycles. The van der Waals surface area contributed by atoms with Crippen LogP contribution in [0.1, 0.15) is 24.3 Å². The van der Waals surface area contributed by atoms with E-state index >= 15 is 0 Å². The molecule has 0 amide bonds. The molecule has 5 rings (SSSR count). The summed E-state index contributed by atoms with van der Waals surface area (Å²) in [5, 5.41) is 19.1. The molecule has 1 saturated carbocycles. The molecule has 4 aromatic rings. The molecule has 0 unspecified atom stereocenters. The Labute approximate surface area is 198 Å². The number of hydrogen-bond donors (Lipinski definition) is 1. The standard InChI is InChI=1S/C21H23BrN7OPS/c1-12-26-27-20(32-12)13-4-7-15(8-5-13)29-19-17(18(22)28-29)11-23-21(25-19)24-14-6-9-16(10-14)31(2,3)30/h4-5,7-8,11,14,16H,6,9-10H2,1-3H3,(H,23,24,25)/t14-,16-/m1/s1. The molecule has 3 aromatic heterocycles. The molecule has 3 heterocycles. The Balaban J connectivity index is 1.42. The molecule has 0 saturated heterocycles. The minimum atomic E-state index is -2.07. The predicted molar refractivity (Wildman–Crippen MR) is 133 cm³/mol.